The summed E-state index contributed by atoms with van der Waals surface area (Å²) in [4.78, 5) is 11.2. The summed E-state index contributed by atoms with van der Waals surface area (Å²) in [5.41, 5.74) is 2.35. The van der Waals surface area contributed by atoms with E-state index in [4.69, 9.17) is 4.98 Å². The molecule has 0 bridgehead atoms. The Hall–Kier alpha value is -2.24. The summed E-state index contributed by atoms with van der Waals surface area (Å²) in [5, 5.41) is 3.42. The summed E-state index contributed by atoms with van der Waals surface area (Å²) in [6.07, 6.45) is 7.85. The first-order valence-electron chi connectivity index (χ1n) is 8.24. The van der Waals surface area contributed by atoms with Gasteiger partial charge in [0.2, 0.25) is 0 Å². The SMILES string of the molecule is CN=C(NCc1cn2c(n1)CCCC2)N(C)Cc1cccn1C. The molecule has 0 aliphatic carbocycles. The second-order valence-electron chi connectivity index (χ2n) is 6.17. The number of fused-ring (bicyclic) bond motifs is 1. The van der Waals surface area contributed by atoms with Gasteiger partial charge >= 0.3 is 0 Å². The van der Waals surface area contributed by atoms with Gasteiger partial charge in [-0.1, -0.05) is 0 Å². The third-order valence-electron chi connectivity index (χ3n) is 4.41. The highest BCUT2D eigenvalue weighted by Crippen LogP contribution is 2.14. The van der Waals surface area contributed by atoms with Gasteiger partial charge in [-0.25, -0.2) is 4.98 Å². The summed E-state index contributed by atoms with van der Waals surface area (Å²) in [6, 6.07) is 4.20. The lowest BCUT2D eigenvalue weighted by atomic mass is 10.2. The Morgan fingerprint density at radius 3 is 3.00 bits per heavy atom. The van der Waals surface area contributed by atoms with Crippen LogP contribution in [0.15, 0.2) is 29.5 Å². The molecule has 124 valence electrons. The zero-order valence-electron chi connectivity index (χ0n) is 14.3. The first-order valence-corrected chi connectivity index (χ1v) is 8.24. The third-order valence-corrected chi connectivity index (χ3v) is 4.41. The lowest BCUT2D eigenvalue weighted by Gasteiger charge is -2.22. The van der Waals surface area contributed by atoms with Crippen molar-refractivity contribution in [3.8, 4) is 0 Å². The smallest absolute Gasteiger partial charge is 0.194 e. The van der Waals surface area contributed by atoms with Crippen molar-refractivity contribution < 1.29 is 0 Å². The van der Waals surface area contributed by atoms with Crippen LogP contribution in [0.4, 0.5) is 0 Å². The largest absolute Gasteiger partial charge is 0.353 e. The van der Waals surface area contributed by atoms with Gasteiger partial charge in [0.15, 0.2) is 5.96 Å². The maximum absolute atomic E-state index is 4.73. The van der Waals surface area contributed by atoms with Crippen molar-refractivity contribution in [1.29, 1.82) is 0 Å². The quantitative estimate of drug-likeness (QED) is 0.691. The number of nitrogens with zero attached hydrogens (tertiary/aromatic N) is 5. The Bertz CT molecular complexity index is 658. The molecule has 6 nitrogen and oxygen atoms in total. The molecule has 0 aromatic carbocycles. The molecule has 0 spiro atoms. The molecular formula is C17H26N6. The van der Waals surface area contributed by atoms with Gasteiger partial charge in [-0.3, -0.25) is 4.99 Å². The Kier molecular flexibility index (Phi) is 4.69. The van der Waals surface area contributed by atoms with Crippen molar-refractivity contribution in [2.45, 2.75) is 38.9 Å². The fourth-order valence-electron chi connectivity index (χ4n) is 3.09. The minimum absolute atomic E-state index is 0.712. The van der Waals surface area contributed by atoms with E-state index in [1.807, 2.05) is 7.05 Å². The molecule has 0 unspecified atom stereocenters. The molecule has 0 saturated carbocycles. The van der Waals surface area contributed by atoms with Crippen LogP contribution in [0.25, 0.3) is 0 Å². The summed E-state index contributed by atoms with van der Waals surface area (Å²) in [5.74, 6) is 2.11. The molecule has 1 N–H and O–H groups in total. The van der Waals surface area contributed by atoms with Crippen molar-refractivity contribution in [1.82, 2.24) is 24.3 Å². The maximum Gasteiger partial charge on any atom is 0.194 e. The normalized spacial score (nSPS) is 14.7. The predicted octanol–water partition coefficient (Wildman–Crippen LogP) is 1.77. The van der Waals surface area contributed by atoms with Gasteiger partial charge in [0.25, 0.3) is 0 Å². The molecule has 6 heteroatoms. The van der Waals surface area contributed by atoms with E-state index in [0.717, 1.165) is 31.2 Å². The highest BCUT2D eigenvalue weighted by Gasteiger charge is 2.13. The number of guanidine groups is 1. The molecule has 0 radical (unpaired) electrons. The van der Waals surface area contributed by atoms with E-state index < -0.39 is 0 Å². The van der Waals surface area contributed by atoms with E-state index in [9.17, 15) is 0 Å². The second kappa shape index (κ2) is 6.89. The minimum atomic E-state index is 0.712. The number of hydrogen-bond donors (Lipinski definition) is 1. The van der Waals surface area contributed by atoms with E-state index in [0.29, 0.717) is 6.54 Å². The van der Waals surface area contributed by atoms with Gasteiger partial charge in [-0.15, -0.1) is 0 Å². The van der Waals surface area contributed by atoms with Crippen LogP contribution in [-0.2, 0) is 33.1 Å². The molecule has 2 aromatic heterocycles. The summed E-state index contributed by atoms with van der Waals surface area (Å²) in [7, 11) is 5.94. The van der Waals surface area contributed by atoms with E-state index in [2.05, 4.69) is 63.0 Å². The van der Waals surface area contributed by atoms with Crippen molar-refractivity contribution in [2.24, 2.45) is 12.0 Å². The second-order valence-corrected chi connectivity index (χ2v) is 6.17. The maximum atomic E-state index is 4.73. The van der Waals surface area contributed by atoms with E-state index in [-0.39, 0.29) is 0 Å². The number of aryl methyl sites for hydroxylation is 3. The zero-order valence-corrected chi connectivity index (χ0v) is 14.3. The van der Waals surface area contributed by atoms with E-state index >= 15 is 0 Å². The van der Waals surface area contributed by atoms with Crippen LogP contribution >= 0.6 is 0 Å². The molecule has 0 fully saturated rings. The number of nitrogens with one attached hydrogen (secondary N) is 1. The minimum Gasteiger partial charge on any atom is -0.353 e. The Labute approximate surface area is 137 Å². The lowest BCUT2D eigenvalue weighted by molar-refractivity contribution is 0.461. The van der Waals surface area contributed by atoms with Crippen LogP contribution in [0.3, 0.4) is 0 Å². The average molecular weight is 314 g/mol. The first-order chi connectivity index (χ1) is 11.2. The van der Waals surface area contributed by atoms with Gasteiger partial charge in [0.1, 0.15) is 5.82 Å². The number of hydrogen-bond acceptors (Lipinski definition) is 2. The van der Waals surface area contributed by atoms with Crippen molar-refractivity contribution in [3.63, 3.8) is 0 Å². The number of rotatable bonds is 4. The Morgan fingerprint density at radius 1 is 1.43 bits per heavy atom. The Morgan fingerprint density at radius 2 is 2.30 bits per heavy atom. The molecule has 1 aliphatic rings. The van der Waals surface area contributed by atoms with Gasteiger partial charge in [-0.2, -0.15) is 0 Å². The number of imidazole rings is 1. The van der Waals surface area contributed by atoms with Crippen LogP contribution in [0.5, 0.6) is 0 Å². The molecule has 0 saturated heterocycles. The predicted molar refractivity (Wildman–Crippen MR) is 92.2 cm³/mol. The van der Waals surface area contributed by atoms with Crippen molar-refractivity contribution in [3.05, 3.63) is 41.7 Å². The van der Waals surface area contributed by atoms with E-state index in [1.54, 1.807) is 0 Å². The molecule has 2 aromatic rings. The summed E-state index contributed by atoms with van der Waals surface area (Å²) >= 11 is 0. The van der Waals surface area contributed by atoms with Gasteiger partial charge in [0, 0.05) is 52.2 Å². The number of aliphatic imine (C=N–C) groups is 1. The topological polar surface area (TPSA) is 50.4 Å². The monoisotopic (exact) mass is 314 g/mol. The van der Waals surface area contributed by atoms with Crippen LogP contribution in [0.1, 0.15) is 30.1 Å². The first kappa shape index (κ1) is 15.6. The highest BCUT2D eigenvalue weighted by molar-refractivity contribution is 5.79. The van der Waals surface area contributed by atoms with Crippen LogP contribution in [0.2, 0.25) is 0 Å². The highest BCUT2D eigenvalue weighted by atomic mass is 15.3. The van der Waals surface area contributed by atoms with Crippen LogP contribution in [0, 0.1) is 0 Å². The molecule has 0 amide bonds. The van der Waals surface area contributed by atoms with Gasteiger partial charge in [-0.05, 0) is 25.0 Å². The summed E-state index contributed by atoms with van der Waals surface area (Å²) < 4.78 is 4.42. The Balaban J connectivity index is 1.59. The van der Waals surface area contributed by atoms with Crippen molar-refractivity contribution in [2.75, 3.05) is 14.1 Å². The fourth-order valence-corrected chi connectivity index (χ4v) is 3.09. The fraction of sp³-hybridized carbons (Fsp3) is 0.529. The number of aromatic nitrogens is 3. The molecule has 1 aliphatic heterocycles. The molecule has 3 rings (SSSR count). The third kappa shape index (κ3) is 3.57. The van der Waals surface area contributed by atoms with Crippen molar-refractivity contribution >= 4 is 5.96 Å². The zero-order chi connectivity index (χ0) is 16.2. The van der Waals surface area contributed by atoms with Gasteiger partial charge < -0.3 is 19.4 Å². The molecule has 0 atom stereocenters. The standard InChI is InChI=1S/C17H26N6/c1-18-17(22(3)13-15-7-6-9-21(15)2)19-11-14-12-23-10-5-4-8-16(23)20-14/h6-7,9,12H,4-5,8,10-11,13H2,1-3H3,(H,18,19). The average Bonchev–Trinajstić information content (AvgIpc) is 3.14. The lowest BCUT2D eigenvalue weighted by Crippen LogP contribution is -2.38. The molecule has 23 heavy (non-hydrogen) atoms. The molecule has 3 heterocycles. The van der Waals surface area contributed by atoms with E-state index in [1.165, 1.54) is 24.4 Å². The van der Waals surface area contributed by atoms with Gasteiger partial charge in [0.05, 0.1) is 18.8 Å². The molecular weight excluding hydrogens is 288 g/mol. The van der Waals surface area contributed by atoms with Crippen LogP contribution < -0.4 is 5.32 Å². The van der Waals surface area contributed by atoms with Crippen LogP contribution in [-0.4, -0.2) is 39.1 Å². The summed E-state index contributed by atoms with van der Waals surface area (Å²) in [6.45, 7) is 2.64.